The Morgan fingerprint density at radius 2 is 1.68 bits per heavy atom. The zero-order valence-electron chi connectivity index (χ0n) is 18.9. The van der Waals surface area contributed by atoms with Gasteiger partial charge in [0.15, 0.2) is 0 Å². The van der Waals surface area contributed by atoms with E-state index in [0.717, 1.165) is 43.4 Å². The number of carbonyl (C=O) groups is 2. The molecule has 2 aliphatic heterocycles. The maximum absolute atomic E-state index is 13.7. The normalized spacial score (nSPS) is 32.0. The molecule has 7 rings (SSSR count). The topological polar surface area (TPSA) is 70.2 Å². The number of nitrogens with one attached hydrogen (secondary N) is 1. The Hall–Kier alpha value is -2.37. The maximum atomic E-state index is 13.7. The van der Waals surface area contributed by atoms with Crippen molar-refractivity contribution in [2.24, 2.45) is 29.6 Å². The maximum Gasteiger partial charge on any atom is 0.416 e. The number of hydrogen-bond donors (Lipinski definition) is 1. The fourth-order valence-electron chi connectivity index (χ4n) is 7.14. The van der Waals surface area contributed by atoms with Crippen LogP contribution in [0.15, 0.2) is 62.8 Å². The molecule has 4 aliphatic rings. The van der Waals surface area contributed by atoms with E-state index in [0.29, 0.717) is 0 Å². The van der Waals surface area contributed by atoms with Crippen molar-refractivity contribution in [3.8, 4) is 0 Å². The van der Waals surface area contributed by atoms with Crippen LogP contribution in [0.2, 0.25) is 0 Å². The third-order valence-corrected chi connectivity index (χ3v) is 11.5. The lowest BCUT2D eigenvalue weighted by molar-refractivity contribution is -0.137. The summed E-state index contributed by atoms with van der Waals surface area (Å²) in [4.78, 5) is 44.4. The van der Waals surface area contributed by atoms with E-state index in [1.807, 2.05) is 24.3 Å². The third-order valence-electron chi connectivity index (χ3n) is 8.38. The summed E-state index contributed by atoms with van der Waals surface area (Å²) in [6.45, 7) is 0. The average Bonchev–Trinajstić information content (AvgIpc) is 3.58. The van der Waals surface area contributed by atoms with Crippen LogP contribution < -0.4 is 9.77 Å². The lowest BCUT2D eigenvalue weighted by Crippen LogP contribution is -2.42. The van der Waals surface area contributed by atoms with Crippen LogP contribution in [0.5, 0.6) is 0 Å². The number of alkyl halides is 3. The Kier molecular flexibility index (Phi) is 5.17. The number of benzene rings is 2. The summed E-state index contributed by atoms with van der Waals surface area (Å²) in [5.41, 5.74) is 0.131. The molecule has 11 heteroatoms. The second-order valence-corrected chi connectivity index (χ2v) is 13.2. The lowest BCUT2D eigenvalue weighted by Gasteiger charge is -2.43. The van der Waals surface area contributed by atoms with E-state index >= 15 is 0 Å². The fraction of sp³-hybridized carbons (Fsp3) is 0.346. The first-order valence-corrected chi connectivity index (χ1v) is 14.3. The quantitative estimate of drug-likeness (QED) is 0.369. The Morgan fingerprint density at radius 3 is 2.38 bits per heavy atom. The van der Waals surface area contributed by atoms with E-state index in [2.05, 4.69) is 20.9 Å². The Morgan fingerprint density at radius 1 is 0.973 bits per heavy atom. The highest BCUT2D eigenvalue weighted by molar-refractivity contribution is 9.10. The van der Waals surface area contributed by atoms with Crippen LogP contribution in [0.4, 0.5) is 18.9 Å². The number of thiazole rings is 1. The summed E-state index contributed by atoms with van der Waals surface area (Å²) in [6.07, 6.45) is -3.85. The Labute approximate surface area is 225 Å². The molecule has 0 spiro atoms. The summed E-state index contributed by atoms with van der Waals surface area (Å²) in [5, 5.41) is 0.843. The average molecular weight is 607 g/mol. The van der Waals surface area contributed by atoms with Gasteiger partial charge in [0.1, 0.15) is 0 Å². The smallest absolute Gasteiger partial charge is 0.307 e. The molecule has 2 aliphatic carbocycles. The van der Waals surface area contributed by atoms with Crippen molar-refractivity contribution < 1.29 is 22.8 Å². The molecule has 0 radical (unpaired) electrons. The van der Waals surface area contributed by atoms with Crippen LogP contribution in [-0.4, -0.2) is 22.0 Å². The van der Waals surface area contributed by atoms with E-state index in [1.54, 1.807) is 11.8 Å². The van der Waals surface area contributed by atoms with Gasteiger partial charge in [0.05, 0.1) is 28.1 Å². The predicted octanol–water partition coefficient (Wildman–Crippen LogP) is 5.90. The minimum Gasteiger partial charge on any atom is -0.307 e. The first-order chi connectivity index (χ1) is 17.6. The number of anilines is 1. The van der Waals surface area contributed by atoms with Gasteiger partial charge in [-0.05, 0) is 60.1 Å². The van der Waals surface area contributed by atoms with Crippen molar-refractivity contribution in [1.29, 1.82) is 0 Å². The first-order valence-electron chi connectivity index (χ1n) is 11.8. The van der Waals surface area contributed by atoms with Crippen molar-refractivity contribution >= 4 is 56.5 Å². The van der Waals surface area contributed by atoms with Gasteiger partial charge >= 0.3 is 11.0 Å². The number of halogens is 4. The molecule has 0 unspecified atom stereocenters. The van der Waals surface area contributed by atoms with Crippen molar-refractivity contribution in [2.75, 3.05) is 4.90 Å². The highest BCUT2D eigenvalue weighted by Gasteiger charge is 2.69. The van der Waals surface area contributed by atoms with Crippen molar-refractivity contribution in [3.63, 3.8) is 0 Å². The molecule has 2 saturated carbocycles. The minimum atomic E-state index is -4.57. The number of thioether (sulfide) groups is 1. The number of fused-ring (bicyclic) bond motifs is 9. The van der Waals surface area contributed by atoms with Gasteiger partial charge in [0, 0.05) is 20.5 Å². The van der Waals surface area contributed by atoms with Gasteiger partial charge in [0.25, 0.3) is 0 Å². The third kappa shape index (κ3) is 3.39. The monoisotopic (exact) mass is 606 g/mol. The summed E-state index contributed by atoms with van der Waals surface area (Å²) >= 11 is 6.25. The highest BCUT2D eigenvalue weighted by atomic mass is 79.9. The molecule has 3 aromatic rings. The molecule has 1 N–H and O–H groups in total. The number of aromatic nitrogens is 1. The Balaban J connectivity index is 1.30. The molecular formula is C26H18BrF3N2O3S2. The van der Waals surface area contributed by atoms with Gasteiger partial charge in [-0.25, -0.2) is 0 Å². The number of amides is 2. The zero-order valence-corrected chi connectivity index (χ0v) is 22.1. The number of rotatable bonds is 2. The van der Waals surface area contributed by atoms with Gasteiger partial charge < -0.3 is 4.98 Å². The van der Waals surface area contributed by atoms with Crippen molar-refractivity contribution in [2.45, 2.75) is 28.8 Å². The van der Waals surface area contributed by atoms with E-state index < -0.39 is 35.4 Å². The molecule has 3 fully saturated rings. The molecule has 2 amide bonds. The molecule has 7 atom stereocenters. The van der Waals surface area contributed by atoms with Crippen LogP contribution >= 0.6 is 39.0 Å². The second-order valence-electron chi connectivity index (χ2n) is 10.1. The SMILES string of the molecule is O=C1[C@@H]2[C@H]3C[C@@H]([C@@H]2C(=O)N1c1cccc(C(F)(F)F)c1)[C@@H]1[C@@H](c2ccc(Br)cc2)c2sc(=O)[nH]c2S[C@@H]31. The standard InChI is InChI=1S/C26H18BrF3N2O3S2/c27-12-6-4-10(5-7-12)16-17-14-9-15(20(17)36-22-21(16)37-25(35)31-22)19-18(14)23(33)32(24(19)34)13-3-1-2-11(8-13)26(28,29)30/h1-8,14-20H,9H2,(H,31,35)/t14-,15-,16-,17-,18+,19-,20+/m1/s1. The van der Waals surface area contributed by atoms with Crippen LogP contribution in [0, 0.1) is 29.6 Å². The van der Waals surface area contributed by atoms with E-state index in [1.165, 1.54) is 23.5 Å². The second kappa shape index (κ2) is 8.07. The minimum absolute atomic E-state index is 0.0239. The number of H-pyrrole nitrogens is 1. The largest absolute Gasteiger partial charge is 0.416 e. The first kappa shape index (κ1) is 23.7. The Bertz CT molecular complexity index is 1520. The number of carbonyl (C=O) groups excluding carboxylic acids is 2. The molecule has 1 aromatic heterocycles. The molecular weight excluding hydrogens is 589 g/mol. The van der Waals surface area contributed by atoms with Gasteiger partial charge in [-0.15, -0.1) is 11.8 Å². The molecule has 5 nitrogen and oxygen atoms in total. The number of hydrogen-bond acceptors (Lipinski definition) is 5. The summed E-state index contributed by atoms with van der Waals surface area (Å²) in [7, 11) is 0. The summed E-state index contributed by atoms with van der Waals surface area (Å²) < 4.78 is 41.0. The van der Waals surface area contributed by atoms with Crippen LogP contribution in [-0.2, 0) is 15.8 Å². The molecule has 2 bridgehead atoms. The highest BCUT2D eigenvalue weighted by Crippen LogP contribution is 2.68. The molecule has 190 valence electrons. The van der Waals surface area contributed by atoms with Gasteiger partial charge in [-0.2, -0.15) is 13.2 Å². The number of aromatic amines is 1. The molecule has 37 heavy (non-hydrogen) atoms. The fourth-order valence-corrected chi connectivity index (χ4v) is 10.3. The van der Waals surface area contributed by atoms with Crippen molar-refractivity contribution in [3.05, 3.63) is 78.7 Å². The summed E-state index contributed by atoms with van der Waals surface area (Å²) in [6, 6.07) is 12.4. The van der Waals surface area contributed by atoms with Gasteiger partial charge in [0.2, 0.25) is 11.8 Å². The lowest BCUT2D eigenvalue weighted by atomic mass is 9.68. The molecule has 2 aromatic carbocycles. The van der Waals surface area contributed by atoms with E-state index in [9.17, 15) is 27.6 Å². The van der Waals surface area contributed by atoms with E-state index in [4.69, 9.17) is 0 Å². The van der Waals surface area contributed by atoms with Gasteiger partial charge in [-0.1, -0.05) is 45.5 Å². The molecule has 1 saturated heterocycles. The van der Waals surface area contributed by atoms with Crippen LogP contribution in [0.1, 0.15) is 28.3 Å². The number of nitrogens with zero attached hydrogens (tertiary/aromatic N) is 1. The van der Waals surface area contributed by atoms with Gasteiger partial charge in [-0.3, -0.25) is 19.3 Å². The van der Waals surface area contributed by atoms with Crippen molar-refractivity contribution in [1.82, 2.24) is 4.98 Å². The summed E-state index contributed by atoms with van der Waals surface area (Å²) in [5.74, 6) is -2.19. The molecule has 3 heterocycles. The zero-order chi connectivity index (χ0) is 25.8. The number of imide groups is 1. The van der Waals surface area contributed by atoms with Crippen LogP contribution in [0.3, 0.4) is 0 Å². The van der Waals surface area contributed by atoms with Crippen LogP contribution in [0.25, 0.3) is 0 Å². The predicted molar refractivity (Wildman–Crippen MR) is 137 cm³/mol. The van der Waals surface area contributed by atoms with E-state index in [-0.39, 0.29) is 39.5 Å².